The number of hydrogen-bond acceptors (Lipinski definition) is 3. The van der Waals surface area contributed by atoms with Crippen molar-refractivity contribution in [2.45, 2.75) is 13.3 Å². The van der Waals surface area contributed by atoms with Gasteiger partial charge >= 0.3 is 0 Å². The fourth-order valence-corrected chi connectivity index (χ4v) is 3.20. The number of carbonyl (C=O) groups excluding carboxylic acids is 1. The standard InChI is InChI=1S/C17H19ClN2O3S/c1-13-7-8-15(11-16(13)18)20-17(21)12-19-24(22,23)10-9-14-5-3-2-4-6-14/h2-8,11,19H,9-10,12H2,1H3,(H,20,21). The molecule has 24 heavy (non-hydrogen) atoms. The third-order valence-corrected chi connectivity index (χ3v) is 5.14. The van der Waals surface area contributed by atoms with Gasteiger partial charge in [0.05, 0.1) is 12.3 Å². The Labute approximate surface area is 147 Å². The van der Waals surface area contributed by atoms with Crippen LogP contribution in [0.25, 0.3) is 0 Å². The Balaban J connectivity index is 1.82. The number of nitrogens with one attached hydrogen (secondary N) is 2. The number of benzene rings is 2. The first kappa shape index (κ1) is 18.4. The number of amides is 1. The Kier molecular flexibility index (Phi) is 6.36. The van der Waals surface area contributed by atoms with Crippen LogP contribution in [0.4, 0.5) is 5.69 Å². The molecule has 0 radical (unpaired) electrons. The lowest BCUT2D eigenvalue weighted by Gasteiger charge is -2.09. The van der Waals surface area contributed by atoms with Crippen LogP contribution in [-0.2, 0) is 21.2 Å². The van der Waals surface area contributed by atoms with E-state index < -0.39 is 15.9 Å². The lowest BCUT2D eigenvalue weighted by Crippen LogP contribution is -2.34. The first-order valence-electron chi connectivity index (χ1n) is 7.43. The molecule has 0 heterocycles. The van der Waals surface area contributed by atoms with Gasteiger partial charge in [-0.15, -0.1) is 0 Å². The van der Waals surface area contributed by atoms with Gasteiger partial charge in [-0.05, 0) is 36.6 Å². The van der Waals surface area contributed by atoms with Crippen LogP contribution in [-0.4, -0.2) is 26.6 Å². The van der Waals surface area contributed by atoms with Crippen LogP contribution in [0.15, 0.2) is 48.5 Å². The van der Waals surface area contributed by atoms with Crippen molar-refractivity contribution in [1.82, 2.24) is 4.72 Å². The van der Waals surface area contributed by atoms with Gasteiger partial charge in [-0.25, -0.2) is 13.1 Å². The van der Waals surface area contributed by atoms with E-state index in [1.54, 1.807) is 18.2 Å². The Morgan fingerprint density at radius 2 is 1.83 bits per heavy atom. The van der Waals surface area contributed by atoms with Gasteiger partial charge in [0.1, 0.15) is 0 Å². The second kappa shape index (κ2) is 8.28. The van der Waals surface area contributed by atoms with Crippen molar-refractivity contribution in [2.24, 2.45) is 0 Å². The summed E-state index contributed by atoms with van der Waals surface area (Å²) < 4.78 is 26.2. The summed E-state index contributed by atoms with van der Waals surface area (Å²) in [5, 5.41) is 3.14. The van der Waals surface area contributed by atoms with Gasteiger partial charge in [0.25, 0.3) is 0 Å². The molecule has 1 amide bonds. The summed E-state index contributed by atoms with van der Waals surface area (Å²) in [6.07, 6.45) is 0.394. The minimum atomic E-state index is -3.52. The average Bonchev–Trinajstić information content (AvgIpc) is 2.56. The maximum atomic E-state index is 11.9. The van der Waals surface area contributed by atoms with Gasteiger partial charge in [0, 0.05) is 10.7 Å². The maximum absolute atomic E-state index is 11.9. The molecule has 0 aromatic heterocycles. The van der Waals surface area contributed by atoms with Crippen molar-refractivity contribution in [3.05, 3.63) is 64.7 Å². The summed E-state index contributed by atoms with van der Waals surface area (Å²) in [7, 11) is -3.52. The minimum Gasteiger partial charge on any atom is -0.325 e. The van der Waals surface area contributed by atoms with Crippen LogP contribution in [0.5, 0.6) is 0 Å². The van der Waals surface area contributed by atoms with Crippen LogP contribution in [0, 0.1) is 6.92 Å². The molecule has 0 aliphatic heterocycles. The number of rotatable bonds is 7. The molecule has 0 atom stereocenters. The Hall–Kier alpha value is -1.89. The third kappa shape index (κ3) is 5.96. The number of aryl methyl sites for hydroxylation is 2. The molecule has 2 rings (SSSR count). The first-order valence-corrected chi connectivity index (χ1v) is 9.46. The quantitative estimate of drug-likeness (QED) is 0.791. The van der Waals surface area contributed by atoms with Crippen LogP contribution >= 0.6 is 11.6 Å². The van der Waals surface area contributed by atoms with E-state index in [2.05, 4.69) is 10.0 Å². The maximum Gasteiger partial charge on any atom is 0.239 e. The van der Waals surface area contributed by atoms with Crippen molar-refractivity contribution < 1.29 is 13.2 Å². The molecule has 128 valence electrons. The smallest absolute Gasteiger partial charge is 0.239 e. The van der Waals surface area contributed by atoms with E-state index >= 15 is 0 Å². The highest BCUT2D eigenvalue weighted by Gasteiger charge is 2.13. The van der Waals surface area contributed by atoms with Crippen LogP contribution in [0.1, 0.15) is 11.1 Å². The number of sulfonamides is 1. The molecule has 7 heteroatoms. The van der Waals surface area contributed by atoms with Crippen LogP contribution in [0.3, 0.4) is 0 Å². The van der Waals surface area contributed by atoms with E-state index in [1.807, 2.05) is 37.3 Å². The zero-order valence-electron chi connectivity index (χ0n) is 13.3. The molecule has 0 bridgehead atoms. The van der Waals surface area contributed by atoms with E-state index in [0.29, 0.717) is 17.1 Å². The van der Waals surface area contributed by atoms with Crippen molar-refractivity contribution in [3.63, 3.8) is 0 Å². The lowest BCUT2D eigenvalue weighted by molar-refractivity contribution is -0.115. The Morgan fingerprint density at radius 1 is 1.12 bits per heavy atom. The first-order chi connectivity index (χ1) is 11.4. The van der Waals surface area contributed by atoms with Gasteiger partial charge < -0.3 is 5.32 Å². The SMILES string of the molecule is Cc1ccc(NC(=O)CNS(=O)(=O)CCc2ccccc2)cc1Cl. The molecule has 0 saturated carbocycles. The normalized spacial score (nSPS) is 11.2. The van der Waals surface area contributed by atoms with E-state index in [9.17, 15) is 13.2 Å². The molecule has 0 fully saturated rings. The zero-order valence-corrected chi connectivity index (χ0v) is 14.8. The van der Waals surface area contributed by atoms with Crippen molar-refractivity contribution in [2.75, 3.05) is 17.6 Å². The Morgan fingerprint density at radius 3 is 2.50 bits per heavy atom. The monoisotopic (exact) mass is 366 g/mol. The molecule has 0 spiro atoms. The molecule has 2 aromatic carbocycles. The van der Waals surface area contributed by atoms with Crippen molar-refractivity contribution in [3.8, 4) is 0 Å². The van der Waals surface area contributed by atoms with Gasteiger partial charge in [-0.2, -0.15) is 0 Å². The van der Waals surface area contributed by atoms with E-state index in [-0.39, 0.29) is 12.3 Å². The molecular weight excluding hydrogens is 348 g/mol. The fraction of sp³-hybridized carbons (Fsp3) is 0.235. The predicted molar refractivity (Wildman–Crippen MR) is 96.8 cm³/mol. The summed E-state index contributed by atoms with van der Waals surface area (Å²) >= 11 is 5.98. The number of anilines is 1. The van der Waals surface area contributed by atoms with Crippen molar-refractivity contribution >= 4 is 33.2 Å². The third-order valence-electron chi connectivity index (χ3n) is 3.41. The number of carbonyl (C=O) groups is 1. The predicted octanol–water partition coefficient (Wildman–Crippen LogP) is 2.75. The fourth-order valence-electron chi connectivity index (χ4n) is 2.02. The van der Waals surface area contributed by atoms with Crippen LogP contribution in [0.2, 0.25) is 5.02 Å². The van der Waals surface area contributed by atoms with Crippen molar-refractivity contribution in [1.29, 1.82) is 0 Å². The van der Waals surface area contributed by atoms with Gasteiger partial charge in [-0.1, -0.05) is 48.0 Å². The molecule has 0 saturated heterocycles. The largest absolute Gasteiger partial charge is 0.325 e. The van der Waals surface area contributed by atoms with E-state index in [1.165, 1.54) is 0 Å². The summed E-state index contributed by atoms with van der Waals surface area (Å²) in [6.45, 7) is 1.54. The molecule has 0 aliphatic rings. The number of hydrogen-bond donors (Lipinski definition) is 2. The van der Waals surface area contributed by atoms with Crippen LogP contribution < -0.4 is 10.0 Å². The van der Waals surface area contributed by atoms with Gasteiger partial charge in [0.2, 0.25) is 15.9 Å². The molecular formula is C17H19ClN2O3S. The topological polar surface area (TPSA) is 75.3 Å². The molecule has 2 N–H and O–H groups in total. The zero-order chi connectivity index (χ0) is 17.6. The summed E-state index contributed by atoms with van der Waals surface area (Å²) in [5.41, 5.74) is 2.36. The van der Waals surface area contributed by atoms with E-state index in [4.69, 9.17) is 11.6 Å². The summed E-state index contributed by atoms with van der Waals surface area (Å²) in [6, 6.07) is 14.4. The molecule has 0 unspecified atom stereocenters. The van der Waals surface area contributed by atoms with Gasteiger partial charge in [0.15, 0.2) is 0 Å². The van der Waals surface area contributed by atoms with Gasteiger partial charge in [-0.3, -0.25) is 4.79 Å². The second-order valence-corrected chi connectivity index (χ2v) is 7.72. The second-order valence-electron chi connectivity index (χ2n) is 5.39. The average molecular weight is 367 g/mol. The molecule has 5 nitrogen and oxygen atoms in total. The molecule has 0 aliphatic carbocycles. The number of halogens is 1. The molecule has 2 aromatic rings. The minimum absolute atomic E-state index is 0.0688. The highest BCUT2D eigenvalue weighted by Crippen LogP contribution is 2.19. The van der Waals surface area contributed by atoms with E-state index in [0.717, 1.165) is 11.1 Å². The highest BCUT2D eigenvalue weighted by molar-refractivity contribution is 7.89. The summed E-state index contributed by atoms with van der Waals surface area (Å²) in [5.74, 6) is -0.515. The summed E-state index contributed by atoms with van der Waals surface area (Å²) in [4.78, 5) is 11.8. The Bertz CT molecular complexity index is 808. The lowest BCUT2D eigenvalue weighted by atomic mass is 10.2. The highest BCUT2D eigenvalue weighted by atomic mass is 35.5.